The quantitative estimate of drug-likeness (QED) is 0.553. The van der Waals surface area contributed by atoms with Crippen molar-refractivity contribution in [3.63, 3.8) is 0 Å². The summed E-state index contributed by atoms with van der Waals surface area (Å²) in [5.41, 5.74) is 1.76. The predicted octanol–water partition coefficient (Wildman–Crippen LogP) is 4.81. The van der Waals surface area contributed by atoms with Crippen molar-refractivity contribution in [1.82, 2.24) is 15.2 Å². The van der Waals surface area contributed by atoms with Crippen LogP contribution in [0, 0.1) is 0 Å². The van der Waals surface area contributed by atoms with Crippen molar-refractivity contribution in [3.8, 4) is 5.75 Å². The molecule has 1 amide bonds. The van der Waals surface area contributed by atoms with E-state index in [0.717, 1.165) is 29.3 Å². The van der Waals surface area contributed by atoms with E-state index in [4.69, 9.17) is 4.74 Å². The maximum atomic E-state index is 13.1. The van der Waals surface area contributed by atoms with E-state index >= 15 is 0 Å². The van der Waals surface area contributed by atoms with Crippen LogP contribution in [0.1, 0.15) is 34.8 Å². The van der Waals surface area contributed by atoms with Gasteiger partial charge in [-0.15, -0.1) is 0 Å². The van der Waals surface area contributed by atoms with Crippen molar-refractivity contribution in [2.75, 3.05) is 26.7 Å². The van der Waals surface area contributed by atoms with Crippen molar-refractivity contribution in [2.24, 2.45) is 0 Å². The Balaban J connectivity index is 1.50. The lowest BCUT2D eigenvalue weighted by atomic mass is 10.0. The molecule has 0 unspecified atom stereocenters. The van der Waals surface area contributed by atoms with Gasteiger partial charge in [0, 0.05) is 17.6 Å². The third-order valence-electron chi connectivity index (χ3n) is 5.49. The molecule has 2 aromatic carbocycles. The second-order valence-electron chi connectivity index (χ2n) is 7.52. The van der Waals surface area contributed by atoms with Crippen molar-refractivity contribution in [3.05, 3.63) is 84.1 Å². The number of hydrogen-bond donors (Lipinski definition) is 1. The molecule has 0 bridgehead atoms. The monoisotopic (exact) mass is 433 g/mol. The molecule has 0 spiro atoms. The van der Waals surface area contributed by atoms with Crippen LogP contribution in [0.5, 0.6) is 5.75 Å². The molecule has 160 valence electrons. The zero-order valence-corrected chi connectivity index (χ0v) is 18.5. The molecule has 5 nitrogen and oxygen atoms in total. The van der Waals surface area contributed by atoms with Crippen molar-refractivity contribution in [1.29, 1.82) is 0 Å². The van der Waals surface area contributed by atoms with E-state index in [2.05, 4.69) is 27.3 Å². The van der Waals surface area contributed by atoms with E-state index < -0.39 is 0 Å². The van der Waals surface area contributed by atoms with Gasteiger partial charge in [-0.1, -0.05) is 42.1 Å². The fourth-order valence-electron chi connectivity index (χ4n) is 3.89. The molecule has 0 radical (unpaired) electrons. The Labute approximate surface area is 187 Å². The van der Waals surface area contributed by atoms with Gasteiger partial charge < -0.3 is 10.1 Å². The number of carbonyl (C=O) groups is 1. The van der Waals surface area contributed by atoms with Gasteiger partial charge >= 0.3 is 0 Å². The SMILES string of the molecule is COc1cccc([C@H](CNC(=O)c2cccnc2Sc2ccccc2)N2CCCC2)c1. The summed E-state index contributed by atoms with van der Waals surface area (Å²) >= 11 is 1.50. The van der Waals surface area contributed by atoms with Crippen LogP contribution in [-0.2, 0) is 0 Å². The summed E-state index contributed by atoms with van der Waals surface area (Å²) in [6.07, 6.45) is 4.11. The summed E-state index contributed by atoms with van der Waals surface area (Å²) in [5.74, 6) is 0.737. The first-order valence-electron chi connectivity index (χ1n) is 10.6. The highest BCUT2D eigenvalue weighted by Gasteiger charge is 2.25. The third kappa shape index (κ3) is 5.46. The summed E-state index contributed by atoms with van der Waals surface area (Å²) in [5, 5.41) is 3.88. The number of likely N-dealkylation sites (tertiary alicyclic amines) is 1. The van der Waals surface area contributed by atoms with Gasteiger partial charge in [-0.05, 0) is 67.9 Å². The number of rotatable bonds is 8. The van der Waals surface area contributed by atoms with Gasteiger partial charge in [0.15, 0.2) is 0 Å². The van der Waals surface area contributed by atoms with Gasteiger partial charge in [0.05, 0.1) is 18.7 Å². The minimum atomic E-state index is -0.0985. The summed E-state index contributed by atoms with van der Waals surface area (Å²) in [6.45, 7) is 2.62. The highest BCUT2D eigenvalue weighted by Crippen LogP contribution is 2.29. The minimum Gasteiger partial charge on any atom is -0.497 e. The topological polar surface area (TPSA) is 54.5 Å². The van der Waals surface area contributed by atoms with Crippen LogP contribution in [0.3, 0.4) is 0 Å². The number of nitrogens with zero attached hydrogens (tertiary/aromatic N) is 2. The lowest BCUT2D eigenvalue weighted by Crippen LogP contribution is -2.37. The van der Waals surface area contributed by atoms with Crippen LogP contribution < -0.4 is 10.1 Å². The third-order valence-corrected chi connectivity index (χ3v) is 6.52. The number of amides is 1. The fourth-order valence-corrected chi connectivity index (χ4v) is 4.79. The summed E-state index contributed by atoms with van der Waals surface area (Å²) in [6, 6.07) is 21.9. The van der Waals surface area contributed by atoms with Gasteiger partial charge in [-0.2, -0.15) is 0 Å². The first-order chi connectivity index (χ1) is 15.2. The molecule has 1 saturated heterocycles. The Kier molecular flexibility index (Phi) is 7.22. The smallest absolute Gasteiger partial charge is 0.254 e. The maximum absolute atomic E-state index is 13.1. The van der Waals surface area contributed by atoms with Crippen molar-refractivity contribution >= 4 is 17.7 Å². The van der Waals surface area contributed by atoms with E-state index in [1.165, 1.54) is 24.6 Å². The molecule has 1 N–H and O–H groups in total. The molecule has 4 rings (SSSR count). The highest BCUT2D eigenvalue weighted by molar-refractivity contribution is 7.99. The van der Waals surface area contributed by atoms with E-state index in [1.54, 1.807) is 13.3 Å². The van der Waals surface area contributed by atoms with Crippen LogP contribution in [-0.4, -0.2) is 42.5 Å². The molecule has 31 heavy (non-hydrogen) atoms. The van der Waals surface area contributed by atoms with E-state index in [-0.39, 0.29) is 11.9 Å². The Bertz CT molecular complexity index is 1010. The van der Waals surface area contributed by atoms with Crippen LogP contribution in [0.15, 0.2) is 82.8 Å². The van der Waals surface area contributed by atoms with E-state index in [0.29, 0.717) is 17.1 Å². The second-order valence-corrected chi connectivity index (χ2v) is 8.58. The number of carbonyl (C=O) groups excluding carboxylic acids is 1. The molecular formula is C25H27N3O2S. The number of ether oxygens (including phenoxy) is 1. The average Bonchev–Trinajstić information content (AvgIpc) is 3.35. The summed E-state index contributed by atoms with van der Waals surface area (Å²) in [4.78, 5) is 21.1. The number of aromatic nitrogens is 1. The van der Waals surface area contributed by atoms with Gasteiger partial charge in [0.1, 0.15) is 10.8 Å². The molecule has 1 aromatic heterocycles. The van der Waals surface area contributed by atoms with Crippen molar-refractivity contribution < 1.29 is 9.53 Å². The average molecular weight is 434 g/mol. The lowest BCUT2D eigenvalue weighted by molar-refractivity contribution is 0.0934. The standard InChI is InChI=1S/C25H27N3O2S/c1-30-20-10-7-9-19(17-20)23(28-15-5-6-16-28)18-27-24(29)22-13-8-14-26-25(22)31-21-11-3-2-4-12-21/h2-4,7-14,17,23H,5-6,15-16,18H2,1H3,(H,27,29)/t23-/m0/s1. The maximum Gasteiger partial charge on any atom is 0.254 e. The molecular weight excluding hydrogens is 406 g/mol. The van der Waals surface area contributed by atoms with Gasteiger partial charge in [-0.3, -0.25) is 9.69 Å². The Morgan fingerprint density at radius 3 is 2.68 bits per heavy atom. The number of methoxy groups -OCH3 is 1. The van der Waals surface area contributed by atoms with Crippen LogP contribution in [0.2, 0.25) is 0 Å². The molecule has 1 aliphatic rings. The molecule has 6 heteroatoms. The largest absolute Gasteiger partial charge is 0.497 e. The Morgan fingerprint density at radius 1 is 1.10 bits per heavy atom. The fraction of sp³-hybridized carbons (Fsp3) is 0.280. The van der Waals surface area contributed by atoms with E-state index in [9.17, 15) is 4.79 Å². The van der Waals surface area contributed by atoms with Crippen LogP contribution >= 0.6 is 11.8 Å². The zero-order valence-electron chi connectivity index (χ0n) is 17.7. The lowest BCUT2D eigenvalue weighted by Gasteiger charge is -2.28. The Morgan fingerprint density at radius 2 is 1.90 bits per heavy atom. The van der Waals surface area contributed by atoms with Crippen LogP contribution in [0.4, 0.5) is 0 Å². The molecule has 2 heterocycles. The van der Waals surface area contributed by atoms with Crippen molar-refractivity contribution in [2.45, 2.75) is 28.8 Å². The summed E-state index contributed by atoms with van der Waals surface area (Å²) < 4.78 is 5.42. The first kappa shape index (κ1) is 21.4. The molecule has 1 aliphatic heterocycles. The molecule has 0 aliphatic carbocycles. The first-order valence-corrected chi connectivity index (χ1v) is 11.4. The number of nitrogens with one attached hydrogen (secondary N) is 1. The molecule has 1 atom stereocenters. The number of benzene rings is 2. The van der Waals surface area contributed by atoms with Gasteiger partial charge in [0.25, 0.3) is 5.91 Å². The number of hydrogen-bond acceptors (Lipinski definition) is 5. The van der Waals surface area contributed by atoms with E-state index in [1.807, 2.05) is 54.6 Å². The zero-order chi connectivity index (χ0) is 21.5. The molecule has 1 fully saturated rings. The molecule has 3 aromatic rings. The second kappa shape index (κ2) is 10.5. The minimum absolute atomic E-state index is 0.0985. The van der Waals surface area contributed by atoms with Gasteiger partial charge in [0.2, 0.25) is 0 Å². The summed E-state index contributed by atoms with van der Waals surface area (Å²) in [7, 11) is 1.68. The molecule has 0 saturated carbocycles. The number of pyridine rings is 1. The predicted molar refractivity (Wildman–Crippen MR) is 124 cm³/mol. The van der Waals surface area contributed by atoms with Crippen LogP contribution in [0.25, 0.3) is 0 Å². The normalized spacial score (nSPS) is 14.9. The Hall–Kier alpha value is -2.83. The van der Waals surface area contributed by atoms with Gasteiger partial charge in [-0.25, -0.2) is 4.98 Å². The highest BCUT2D eigenvalue weighted by atomic mass is 32.2.